The van der Waals surface area contributed by atoms with Crippen molar-refractivity contribution in [1.82, 2.24) is 0 Å². The number of aryl methyl sites for hydroxylation is 4. The number of hydrogen-bond acceptors (Lipinski definition) is 0. The molecule has 0 saturated heterocycles. The first kappa shape index (κ1) is 21.6. The van der Waals surface area contributed by atoms with E-state index >= 15 is 0 Å². The lowest BCUT2D eigenvalue weighted by Gasteiger charge is -2.10. The van der Waals surface area contributed by atoms with Crippen LogP contribution in [0.2, 0.25) is 0 Å². The Hall–Kier alpha value is -3.64. The van der Waals surface area contributed by atoms with Gasteiger partial charge in [-0.05, 0) is 72.2 Å². The molecule has 0 N–H and O–H groups in total. The second-order valence-corrected chi connectivity index (χ2v) is 8.63. The lowest BCUT2D eigenvalue weighted by Crippen LogP contribution is -1.88. The highest BCUT2D eigenvalue weighted by molar-refractivity contribution is 5.77. The normalized spacial score (nSPS) is 11.5. The van der Waals surface area contributed by atoms with Crippen LogP contribution in [0.15, 0.2) is 84.9 Å². The van der Waals surface area contributed by atoms with Crippen molar-refractivity contribution < 1.29 is 0 Å². The first-order valence-electron chi connectivity index (χ1n) is 11.2. The summed E-state index contributed by atoms with van der Waals surface area (Å²) in [4.78, 5) is 0. The van der Waals surface area contributed by atoms with Crippen molar-refractivity contribution in [1.29, 1.82) is 0 Å². The van der Waals surface area contributed by atoms with Crippen LogP contribution in [-0.4, -0.2) is 0 Å². The molecule has 0 saturated carbocycles. The fourth-order valence-electron chi connectivity index (χ4n) is 3.88. The van der Waals surface area contributed by atoms with Gasteiger partial charge in [0.15, 0.2) is 0 Å². The van der Waals surface area contributed by atoms with Crippen LogP contribution in [-0.2, 0) is 0 Å². The van der Waals surface area contributed by atoms with E-state index in [1.165, 1.54) is 55.6 Å². The fourth-order valence-corrected chi connectivity index (χ4v) is 3.88. The maximum absolute atomic E-state index is 2.29. The molecule has 0 aliphatic heterocycles. The Morgan fingerprint density at radius 3 is 1.53 bits per heavy atom. The molecular weight excluding hydrogens is 384 g/mol. The van der Waals surface area contributed by atoms with Crippen molar-refractivity contribution in [3.63, 3.8) is 0 Å². The van der Waals surface area contributed by atoms with Gasteiger partial charge in [0.1, 0.15) is 0 Å². The van der Waals surface area contributed by atoms with E-state index in [4.69, 9.17) is 0 Å². The van der Waals surface area contributed by atoms with Gasteiger partial charge in [-0.1, -0.05) is 120 Å². The van der Waals surface area contributed by atoms with Gasteiger partial charge in [0.25, 0.3) is 0 Å². The molecule has 0 aliphatic rings. The Balaban J connectivity index is 1.52. The summed E-state index contributed by atoms with van der Waals surface area (Å²) in [5.74, 6) is 0. The van der Waals surface area contributed by atoms with Crippen molar-refractivity contribution in [3.8, 4) is 11.1 Å². The molecule has 0 unspecified atom stereocenters. The van der Waals surface area contributed by atoms with Gasteiger partial charge in [-0.25, -0.2) is 0 Å². The Bertz CT molecular complexity index is 1270. The van der Waals surface area contributed by atoms with Gasteiger partial charge in [-0.3, -0.25) is 0 Å². The molecule has 0 spiro atoms. The molecule has 4 aromatic rings. The summed E-state index contributed by atoms with van der Waals surface area (Å²) < 4.78 is 0. The van der Waals surface area contributed by atoms with E-state index < -0.39 is 0 Å². The third-order valence-corrected chi connectivity index (χ3v) is 5.91. The maximum Gasteiger partial charge on any atom is -0.0154 e. The molecule has 158 valence electrons. The summed E-state index contributed by atoms with van der Waals surface area (Å²) in [6, 6.07) is 30.7. The molecule has 0 nitrogen and oxygen atoms in total. The van der Waals surface area contributed by atoms with E-state index in [2.05, 4.69) is 137 Å². The topological polar surface area (TPSA) is 0 Å². The second kappa shape index (κ2) is 9.66. The van der Waals surface area contributed by atoms with Crippen molar-refractivity contribution in [2.45, 2.75) is 27.7 Å². The van der Waals surface area contributed by atoms with Crippen molar-refractivity contribution in [2.75, 3.05) is 0 Å². The molecular formula is C32H30. The van der Waals surface area contributed by atoms with Gasteiger partial charge in [-0.2, -0.15) is 0 Å². The maximum atomic E-state index is 2.29. The minimum absolute atomic E-state index is 1.22. The molecule has 0 atom stereocenters. The van der Waals surface area contributed by atoms with Crippen LogP contribution in [0.25, 0.3) is 35.4 Å². The summed E-state index contributed by atoms with van der Waals surface area (Å²) in [6.45, 7) is 8.61. The summed E-state index contributed by atoms with van der Waals surface area (Å²) in [6.07, 6.45) is 8.75. The van der Waals surface area contributed by atoms with Crippen LogP contribution in [0, 0.1) is 27.7 Å². The standard InChI is InChI=1S/C32H30/c1-23-5-9-27(10-6-23)13-14-29-16-20-32(26(4)21-29)31-19-18-30(25(3)22-31)17-15-28-11-7-24(2)8-12-28/h5-22H,1-4H3. The smallest absolute Gasteiger partial charge is 0.0154 e. The van der Waals surface area contributed by atoms with E-state index in [1.54, 1.807) is 0 Å². The van der Waals surface area contributed by atoms with E-state index in [-0.39, 0.29) is 0 Å². The van der Waals surface area contributed by atoms with Crippen LogP contribution < -0.4 is 0 Å². The third kappa shape index (κ3) is 5.34. The van der Waals surface area contributed by atoms with Crippen LogP contribution in [0.3, 0.4) is 0 Å². The van der Waals surface area contributed by atoms with Gasteiger partial charge < -0.3 is 0 Å². The van der Waals surface area contributed by atoms with Crippen molar-refractivity contribution >= 4 is 24.3 Å². The van der Waals surface area contributed by atoms with Crippen LogP contribution >= 0.6 is 0 Å². The molecule has 0 amide bonds. The average molecular weight is 415 g/mol. The molecule has 32 heavy (non-hydrogen) atoms. The van der Waals surface area contributed by atoms with E-state index in [1.807, 2.05) is 0 Å². The summed E-state index contributed by atoms with van der Waals surface area (Å²) in [5.41, 5.74) is 12.6. The molecule has 0 heterocycles. The van der Waals surface area contributed by atoms with Crippen LogP contribution in [0.1, 0.15) is 44.5 Å². The van der Waals surface area contributed by atoms with E-state index in [0.717, 1.165) is 0 Å². The minimum Gasteiger partial charge on any atom is -0.0587 e. The highest BCUT2D eigenvalue weighted by Crippen LogP contribution is 2.27. The monoisotopic (exact) mass is 414 g/mol. The Kier molecular flexibility index (Phi) is 6.52. The Labute approximate surface area is 192 Å². The molecule has 0 heteroatoms. The van der Waals surface area contributed by atoms with Crippen molar-refractivity contribution in [3.05, 3.63) is 129 Å². The zero-order chi connectivity index (χ0) is 22.5. The van der Waals surface area contributed by atoms with Gasteiger partial charge in [0, 0.05) is 0 Å². The van der Waals surface area contributed by atoms with Gasteiger partial charge in [0.2, 0.25) is 0 Å². The zero-order valence-corrected chi connectivity index (χ0v) is 19.4. The van der Waals surface area contributed by atoms with Gasteiger partial charge >= 0.3 is 0 Å². The van der Waals surface area contributed by atoms with Crippen LogP contribution in [0.5, 0.6) is 0 Å². The quantitative estimate of drug-likeness (QED) is 0.286. The van der Waals surface area contributed by atoms with E-state index in [0.29, 0.717) is 0 Å². The number of rotatable bonds is 5. The first-order chi connectivity index (χ1) is 15.5. The van der Waals surface area contributed by atoms with E-state index in [9.17, 15) is 0 Å². The summed E-state index contributed by atoms with van der Waals surface area (Å²) in [7, 11) is 0. The van der Waals surface area contributed by atoms with Gasteiger partial charge in [-0.15, -0.1) is 0 Å². The Morgan fingerprint density at radius 1 is 0.438 bits per heavy atom. The number of benzene rings is 4. The second-order valence-electron chi connectivity index (χ2n) is 8.63. The molecule has 0 aliphatic carbocycles. The lowest BCUT2D eigenvalue weighted by molar-refractivity contribution is 1.41. The van der Waals surface area contributed by atoms with Crippen molar-refractivity contribution in [2.24, 2.45) is 0 Å². The first-order valence-corrected chi connectivity index (χ1v) is 11.2. The van der Waals surface area contributed by atoms with Crippen LogP contribution in [0.4, 0.5) is 0 Å². The molecule has 0 bridgehead atoms. The lowest BCUT2D eigenvalue weighted by atomic mass is 9.95. The minimum atomic E-state index is 1.22. The molecule has 4 aromatic carbocycles. The third-order valence-electron chi connectivity index (χ3n) is 5.91. The molecule has 4 rings (SSSR count). The summed E-state index contributed by atoms with van der Waals surface area (Å²) >= 11 is 0. The molecule has 0 aromatic heterocycles. The molecule has 0 fully saturated rings. The number of hydrogen-bond donors (Lipinski definition) is 0. The zero-order valence-electron chi connectivity index (χ0n) is 19.4. The molecule has 0 radical (unpaired) electrons. The highest BCUT2D eigenvalue weighted by atomic mass is 14.1. The predicted molar refractivity (Wildman–Crippen MR) is 142 cm³/mol. The fraction of sp³-hybridized carbons (Fsp3) is 0.125. The average Bonchev–Trinajstić information content (AvgIpc) is 2.79. The predicted octanol–water partition coefficient (Wildman–Crippen LogP) is 8.93. The Morgan fingerprint density at radius 2 is 0.969 bits per heavy atom. The summed E-state index contributed by atoms with van der Waals surface area (Å²) in [5, 5.41) is 0. The highest BCUT2D eigenvalue weighted by Gasteiger charge is 2.05. The SMILES string of the molecule is Cc1ccc(C=Cc2ccc(-c3ccc(C=Cc4ccc(C)cc4)c(C)c3)c(C)c2)cc1. The largest absolute Gasteiger partial charge is 0.0587 e. The van der Waals surface area contributed by atoms with Gasteiger partial charge in [0.05, 0.1) is 0 Å².